The first-order valence-electron chi connectivity index (χ1n) is 7.10. The number of hydrogen-bond donors (Lipinski definition) is 1. The van der Waals surface area contributed by atoms with Gasteiger partial charge < -0.3 is 10.1 Å². The van der Waals surface area contributed by atoms with Crippen LogP contribution in [0, 0.1) is 22.0 Å². The summed E-state index contributed by atoms with van der Waals surface area (Å²) in [5.41, 5.74) is 0.891. The van der Waals surface area contributed by atoms with Crippen LogP contribution in [0.4, 0.5) is 11.4 Å². The average molecular weight is 278 g/mol. The van der Waals surface area contributed by atoms with Gasteiger partial charge in [-0.1, -0.05) is 13.8 Å². The Bertz CT molecular complexity index is 490. The maximum atomic E-state index is 10.9. The van der Waals surface area contributed by atoms with Crippen LogP contribution in [0.25, 0.3) is 0 Å². The van der Waals surface area contributed by atoms with Crippen LogP contribution in [0.2, 0.25) is 0 Å². The second-order valence-corrected chi connectivity index (χ2v) is 5.79. The lowest BCUT2D eigenvalue weighted by molar-refractivity contribution is -0.385. The molecular weight excluding hydrogens is 256 g/mol. The quantitative estimate of drug-likeness (QED) is 0.671. The lowest BCUT2D eigenvalue weighted by Crippen LogP contribution is -2.32. The van der Waals surface area contributed by atoms with E-state index < -0.39 is 4.92 Å². The van der Waals surface area contributed by atoms with Gasteiger partial charge in [-0.2, -0.15) is 0 Å². The zero-order chi connectivity index (χ0) is 14.7. The number of rotatable bonds is 4. The smallest absolute Gasteiger partial charge is 0.311 e. The topological polar surface area (TPSA) is 64.4 Å². The molecule has 1 fully saturated rings. The molecule has 1 aromatic rings. The summed E-state index contributed by atoms with van der Waals surface area (Å²) in [6, 6.07) is 5.39. The summed E-state index contributed by atoms with van der Waals surface area (Å²) in [5, 5.41) is 14.4. The van der Waals surface area contributed by atoms with Gasteiger partial charge in [0.15, 0.2) is 5.75 Å². The molecule has 3 unspecified atom stereocenters. The maximum absolute atomic E-state index is 10.9. The van der Waals surface area contributed by atoms with Crippen molar-refractivity contribution in [3.63, 3.8) is 0 Å². The largest absolute Gasteiger partial charge is 0.490 e. The second kappa shape index (κ2) is 6.11. The Hall–Kier alpha value is -1.78. The molecule has 0 spiro atoms. The number of nitro groups is 1. The lowest BCUT2D eigenvalue weighted by Gasteiger charge is -2.33. The fourth-order valence-electron chi connectivity index (χ4n) is 3.01. The Morgan fingerprint density at radius 1 is 1.35 bits per heavy atom. The number of ether oxygens (including phenoxy) is 1. The molecule has 5 heteroatoms. The van der Waals surface area contributed by atoms with Gasteiger partial charge in [0.1, 0.15) is 0 Å². The molecule has 110 valence electrons. The van der Waals surface area contributed by atoms with Crippen molar-refractivity contribution in [3.8, 4) is 5.75 Å². The van der Waals surface area contributed by atoms with Gasteiger partial charge in [0.25, 0.3) is 0 Å². The van der Waals surface area contributed by atoms with Crippen molar-refractivity contribution in [1.29, 1.82) is 0 Å². The van der Waals surface area contributed by atoms with E-state index >= 15 is 0 Å². The number of nitrogens with zero attached hydrogens (tertiary/aromatic N) is 1. The molecule has 1 aliphatic carbocycles. The van der Waals surface area contributed by atoms with Crippen LogP contribution in [0.3, 0.4) is 0 Å². The van der Waals surface area contributed by atoms with E-state index in [1.54, 1.807) is 12.1 Å². The summed E-state index contributed by atoms with van der Waals surface area (Å²) >= 11 is 0. The van der Waals surface area contributed by atoms with Gasteiger partial charge in [-0.25, -0.2) is 0 Å². The zero-order valence-electron chi connectivity index (χ0n) is 12.3. The van der Waals surface area contributed by atoms with Crippen molar-refractivity contribution in [2.75, 3.05) is 12.4 Å². The third-order valence-electron chi connectivity index (χ3n) is 4.16. The zero-order valence-corrected chi connectivity index (χ0v) is 12.3. The fraction of sp³-hybridized carbons (Fsp3) is 0.600. The first-order chi connectivity index (χ1) is 9.51. The molecule has 20 heavy (non-hydrogen) atoms. The number of methoxy groups -OCH3 is 1. The summed E-state index contributed by atoms with van der Waals surface area (Å²) in [6.07, 6.45) is 3.59. The third-order valence-corrected chi connectivity index (χ3v) is 4.16. The van der Waals surface area contributed by atoms with Crippen LogP contribution >= 0.6 is 0 Å². The Morgan fingerprint density at radius 3 is 2.70 bits per heavy atom. The van der Waals surface area contributed by atoms with E-state index in [9.17, 15) is 10.1 Å². The van der Waals surface area contributed by atoms with Crippen molar-refractivity contribution in [2.24, 2.45) is 11.8 Å². The summed E-state index contributed by atoms with van der Waals surface area (Å²) in [6.45, 7) is 4.55. The van der Waals surface area contributed by atoms with Crippen LogP contribution in [0.5, 0.6) is 5.75 Å². The molecule has 1 aliphatic rings. The number of hydrogen-bond acceptors (Lipinski definition) is 4. The maximum Gasteiger partial charge on any atom is 0.311 e. The van der Waals surface area contributed by atoms with Crippen LogP contribution in [-0.2, 0) is 0 Å². The van der Waals surface area contributed by atoms with Crippen molar-refractivity contribution in [2.45, 2.75) is 39.2 Å². The van der Waals surface area contributed by atoms with Gasteiger partial charge in [-0.05, 0) is 37.2 Å². The van der Waals surface area contributed by atoms with Crippen LogP contribution in [0.15, 0.2) is 18.2 Å². The van der Waals surface area contributed by atoms with Gasteiger partial charge in [-0.15, -0.1) is 0 Å². The van der Waals surface area contributed by atoms with Gasteiger partial charge in [0.05, 0.1) is 12.0 Å². The Morgan fingerprint density at radius 2 is 2.10 bits per heavy atom. The highest BCUT2D eigenvalue weighted by Gasteiger charge is 2.25. The third kappa shape index (κ3) is 3.21. The van der Waals surface area contributed by atoms with E-state index in [2.05, 4.69) is 19.2 Å². The van der Waals surface area contributed by atoms with E-state index in [0.717, 1.165) is 18.0 Å². The Labute approximate surface area is 119 Å². The minimum atomic E-state index is -0.423. The Kier molecular flexibility index (Phi) is 4.47. The van der Waals surface area contributed by atoms with Crippen LogP contribution < -0.4 is 10.1 Å². The molecular formula is C15H22N2O3. The van der Waals surface area contributed by atoms with Gasteiger partial charge in [0.2, 0.25) is 0 Å². The molecule has 1 N–H and O–H groups in total. The van der Waals surface area contributed by atoms with Gasteiger partial charge >= 0.3 is 5.69 Å². The van der Waals surface area contributed by atoms with E-state index in [1.165, 1.54) is 26.0 Å². The van der Waals surface area contributed by atoms with Crippen molar-refractivity contribution in [3.05, 3.63) is 28.3 Å². The molecule has 0 saturated heterocycles. The number of anilines is 1. The van der Waals surface area contributed by atoms with Crippen LogP contribution in [0.1, 0.15) is 33.1 Å². The molecule has 0 heterocycles. The molecule has 1 aromatic carbocycles. The second-order valence-electron chi connectivity index (χ2n) is 5.79. The number of benzene rings is 1. The molecule has 0 bridgehead atoms. The lowest BCUT2D eigenvalue weighted by atomic mass is 9.80. The van der Waals surface area contributed by atoms with Gasteiger partial charge in [0, 0.05) is 23.9 Å². The summed E-state index contributed by atoms with van der Waals surface area (Å²) < 4.78 is 5.10. The highest BCUT2D eigenvalue weighted by Crippen LogP contribution is 2.33. The monoisotopic (exact) mass is 278 g/mol. The van der Waals surface area contributed by atoms with Crippen molar-refractivity contribution in [1.82, 2.24) is 0 Å². The first kappa shape index (κ1) is 14.6. The fourth-order valence-corrected chi connectivity index (χ4v) is 3.01. The molecule has 0 radical (unpaired) electrons. The van der Waals surface area contributed by atoms with Gasteiger partial charge in [-0.3, -0.25) is 10.1 Å². The predicted molar refractivity (Wildman–Crippen MR) is 79.2 cm³/mol. The molecule has 5 nitrogen and oxygen atoms in total. The summed E-state index contributed by atoms with van der Waals surface area (Å²) in [5.74, 6) is 1.70. The minimum absolute atomic E-state index is 0.00312. The molecule has 3 atom stereocenters. The normalized spacial score (nSPS) is 26.1. The van der Waals surface area contributed by atoms with Crippen molar-refractivity contribution >= 4 is 11.4 Å². The van der Waals surface area contributed by atoms with E-state index in [1.807, 2.05) is 0 Å². The average Bonchev–Trinajstić information content (AvgIpc) is 2.41. The number of nitro benzene ring substituents is 1. The highest BCUT2D eigenvalue weighted by atomic mass is 16.6. The number of nitrogens with one attached hydrogen (secondary N) is 1. The minimum Gasteiger partial charge on any atom is -0.490 e. The van der Waals surface area contributed by atoms with E-state index in [4.69, 9.17) is 4.74 Å². The van der Waals surface area contributed by atoms with E-state index in [0.29, 0.717) is 17.7 Å². The summed E-state index contributed by atoms with van der Waals surface area (Å²) in [7, 11) is 1.46. The molecule has 0 aliphatic heterocycles. The SMILES string of the molecule is COc1cc(NC2CCC(C)CC2C)ccc1[N+](=O)[O-]. The highest BCUT2D eigenvalue weighted by molar-refractivity contribution is 5.58. The standard InChI is InChI=1S/C15H22N2O3/c1-10-4-6-13(11(2)8-10)16-12-5-7-14(17(18)19)15(9-12)20-3/h5,7,9-11,13,16H,4,6,8H2,1-3H3. The molecule has 2 rings (SSSR count). The van der Waals surface area contributed by atoms with E-state index in [-0.39, 0.29) is 5.69 Å². The molecule has 0 aromatic heterocycles. The Balaban J connectivity index is 2.12. The molecule has 0 amide bonds. The first-order valence-corrected chi connectivity index (χ1v) is 7.10. The molecule has 1 saturated carbocycles. The van der Waals surface area contributed by atoms with Crippen LogP contribution in [-0.4, -0.2) is 18.1 Å². The summed E-state index contributed by atoms with van der Waals surface area (Å²) in [4.78, 5) is 10.5. The van der Waals surface area contributed by atoms with Crippen molar-refractivity contribution < 1.29 is 9.66 Å². The predicted octanol–water partition coefficient (Wildman–Crippen LogP) is 3.84.